The number of urea groups is 1. The highest BCUT2D eigenvalue weighted by molar-refractivity contribution is 5.83. The zero-order valence-corrected chi connectivity index (χ0v) is 12.0. The van der Waals surface area contributed by atoms with Crippen molar-refractivity contribution in [3.63, 3.8) is 0 Å². The van der Waals surface area contributed by atoms with Crippen molar-refractivity contribution in [1.29, 1.82) is 0 Å². The second-order valence-electron chi connectivity index (χ2n) is 5.87. The third kappa shape index (κ3) is 3.23. The Labute approximate surface area is 119 Å². The Morgan fingerprint density at radius 3 is 2.65 bits per heavy atom. The molecule has 2 heterocycles. The van der Waals surface area contributed by atoms with E-state index < -0.39 is 18.1 Å². The summed E-state index contributed by atoms with van der Waals surface area (Å²) in [4.78, 5) is 26.7. The molecule has 0 saturated carbocycles. The molecular formula is C14H24N2O4. The predicted octanol–water partition coefficient (Wildman–Crippen LogP) is 1.14. The minimum absolute atomic E-state index is 0.128. The number of hydrogen-bond acceptors (Lipinski definition) is 3. The first-order valence-electron chi connectivity index (χ1n) is 7.49. The van der Waals surface area contributed by atoms with Gasteiger partial charge in [-0.25, -0.2) is 9.59 Å². The molecule has 0 spiro atoms. The largest absolute Gasteiger partial charge is 0.480 e. The highest BCUT2D eigenvalue weighted by atomic mass is 16.4. The van der Waals surface area contributed by atoms with Gasteiger partial charge in [0.2, 0.25) is 0 Å². The maximum absolute atomic E-state index is 12.5. The van der Waals surface area contributed by atoms with Crippen LogP contribution < -0.4 is 0 Å². The molecule has 20 heavy (non-hydrogen) atoms. The van der Waals surface area contributed by atoms with E-state index in [4.69, 9.17) is 5.11 Å². The van der Waals surface area contributed by atoms with E-state index in [0.717, 1.165) is 25.7 Å². The van der Waals surface area contributed by atoms with Crippen molar-refractivity contribution in [2.75, 3.05) is 19.6 Å². The molecule has 0 aromatic carbocycles. The van der Waals surface area contributed by atoms with Crippen LogP contribution in [0.1, 0.15) is 39.0 Å². The van der Waals surface area contributed by atoms with Gasteiger partial charge < -0.3 is 20.0 Å². The Morgan fingerprint density at radius 2 is 2.00 bits per heavy atom. The van der Waals surface area contributed by atoms with Crippen molar-refractivity contribution in [3.8, 4) is 0 Å². The number of amides is 2. The fourth-order valence-corrected chi connectivity index (χ4v) is 3.21. The van der Waals surface area contributed by atoms with E-state index >= 15 is 0 Å². The Morgan fingerprint density at radius 1 is 1.25 bits per heavy atom. The molecule has 0 aromatic heterocycles. The van der Waals surface area contributed by atoms with Gasteiger partial charge in [-0.15, -0.1) is 0 Å². The number of aliphatic hydroxyl groups excluding tert-OH is 1. The van der Waals surface area contributed by atoms with Crippen LogP contribution in [0.4, 0.5) is 4.79 Å². The summed E-state index contributed by atoms with van der Waals surface area (Å²) in [6.07, 6.45) is 3.62. The van der Waals surface area contributed by atoms with Crippen LogP contribution in [0.25, 0.3) is 0 Å². The molecule has 114 valence electrons. The monoisotopic (exact) mass is 284 g/mol. The van der Waals surface area contributed by atoms with Gasteiger partial charge in [0.25, 0.3) is 0 Å². The van der Waals surface area contributed by atoms with E-state index in [2.05, 4.69) is 6.92 Å². The number of aliphatic hydroxyl groups is 1. The molecule has 2 saturated heterocycles. The first kappa shape index (κ1) is 15.1. The van der Waals surface area contributed by atoms with Gasteiger partial charge in [-0.1, -0.05) is 13.3 Å². The average molecular weight is 284 g/mol. The Hall–Kier alpha value is -1.30. The first-order chi connectivity index (χ1) is 9.52. The van der Waals surface area contributed by atoms with Crippen LogP contribution in [0.5, 0.6) is 0 Å². The molecule has 0 radical (unpaired) electrons. The number of hydrogen-bond donors (Lipinski definition) is 2. The molecule has 0 bridgehead atoms. The molecule has 2 aliphatic heterocycles. The number of likely N-dealkylation sites (tertiary alicyclic amines) is 2. The number of carboxylic acid groups (broad SMARTS) is 1. The van der Waals surface area contributed by atoms with Crippen LogP contribution in [0.3, 0.4) is 0 Å². The zero-order chi connectivity index (χ0) is 14.7. The summed E-state index contributed by atoms with van der Waals surface area (Å²) in [5.41, 5.74) is 0. The third-order valence-corrected chi connectivity index (χ3v) is 4.51. The number of carboxylic acids is 1. The lowest BCUT2D eigenvalue weighted by atomic mass is 9.98. The summed E-state index contributed by atoms with van der Waals surface area (Å²) in [5, 5.41) is 18.8. The summed E-state index contributed by atoms with van der Waals surface area (Å²) < 4.78 is 0. The van der Waals surface area contributed by atoms with E-state index in [1.165, 1.54) is 4.90 Å². The summed E-state index contributed by atoms with van der Waals surface area (Å²) in [5.74, 6) is -0.372. The first-order valence-corrected chi connectivity index (χ1v) is 7.49. The molecule has 2 rings (SSSR count). The standard InChI is InChI=1S/C14H24N2O4/c1-2-10-4-3-6-15(7-5-10)14(20)16-9-11(17)8-12(16)13(18)19/h10-12,17H,2-9H2,1H3,(H,18,19)/t10?,11-,12+/m1/s1. The highest BCUT2D eigenvalue weighted by Gasteiger charge is 2.40. The molecule has 6 nitrogen and oxygen atoms in total. The van der Waals surface area contributed by atoms with Gasteiger partial charge in [-0.3, -0.25) is 0 Å². The molecule has 2 fully saturated rings. The van der Waals surface area contributed by atoms with E-state index in [9.17, 15) is 14.7 Å². The fraction of sp³-hybridized carbons (Fsp3) is 0.857. The maximum atomic E-state index is 12.5. The van der Waals surface area contributed by atoms with Gasteiger partial charge in [-0.2, -0.15) is 0 Å². The zero-order valence-electron chi connectivity index (χ0n) is 12.0. The summed E-state index contributed by atoms with van der Waals surface area (Å²) in [6.45, 7) is 3.67. The van der Waals surface area contributed by atoms with Crippen molar-refractivity contribution >= 4 is 12.0 Å². The summed E-state index contributed by atoms with van der Waals surface area (Å²) in [6, 6.07) is -1.12. The molecule has 0 aliphatic carbocycles. The Kier molecular flexibility index (Phi) is 4.86. The molecule has 1 unspecified atom stereocenters. The Balaban J connectivity index is 2.01. The van der Waals surface area contributed by atoms with E-state index in [-0.39, 0.29) is 19.0 Å². The van der Waals surface area contributed by atoms with Crippen molar-refractivity contribution < 1.29 is 19.8 Å². The van der Waals surface area contributed by atoms with Crippen LogP contribution in [-0.4, -0.2) is 63.8 Å². The normalized spacial score (nSPS) is 31.2. The number of carbonyl (C=O) groups excluding carboxylic acids is 1. The van der Waals surface area contributed by atoms with E-state index in [1.807, 2.05) is 0 Å². The SMILES string of the molecule is CCC1CCCN(C(=O)N2C[C@H](O)C[C@H]2C(=O)O)CC1. The lowest BCUT2D eigenvalue weighted by Crippen LogP contribution is -2.48. The molecule has 2 aliphatic rings. The minimum atomic E-state index is -1.03. The van der Waals surface area contributed by atoms with Gasteiger partial charge in [0.15, 0.2) is 0 Å². The van der Waals surface area contributed by atoms with Gasteiger partial charge in [0, 0.05) is 26.1 Å². The summed E-state index contributed by atoms with van der Waals surface area (Å²) in [7, 11) is 0. The molecule has 2 N–H and O–H groups in total. The van der Waals surface area contributed by atoms with Gasteiger partial charge in [0.1, 0.15) is 6.04 Å². The van der Waals surface area contributed by atoms with Crippen molar-refractivity contribution in [2.24, 2.45) is 5.92 Å². The van der Waals surface area contributed by atoms with E-state index in [0.29, 0.717) is 19.0 Å². The number of carbonyl (C=O) groups is 2. The predicted molar refractivity (Wildman–Crippen MR) is 73.4 cm³/mol. The second-order valence-corrected chi connectivity index (χ2v) is 5.87. The topological polar surface area (TPSA) is 81.1 Å². The lowest BCUT2D eigenvalue weighted by molar-refractivity contribution is -0.141. The van der Waals surface area contributed by atoms with Gasteiger partial charge in [-0.05, 0) is 25.2 Å². The number of β-amino-alcohol motifs (C(OH)–C–C–N with tert-alkyl or cyclic N) is 1. The van der Waals surface area contributed by atoms with E-state index in [1.54, 1.807) is 4.90 Å². The molecule has 3 atom stereocenters. The average Bonchev–Trinajstić information content (AvgIpc) is 2.67. The van der Waals surface area contributed by atoms with Crippen molar-refractivity contribution in [1.82, 2.24) is 9.80 Å². The number of rotatable bonds is 2. The quantitative estimate of drug-likeness (QED) is 0.796. The minimum Gasteiger partial charge on any atom is -0.480 e. The molecular weight excluding hydrogens is 260 g/mol. The smallest absolute Gasteiger partial charge is 0.326 e. The molecule has 0 aromatic rings. The molecule has 2 amide bonds. The van der Waals surface area contributed by atoms with Crippen LogP contribution >= 0.6 is 0 Å². The fourth-order valence-electron chi connectivity index (χ4n) is 3.21. The number of aliphatic carboxylic acids is 1. The van der Waals surface area contributed by atoms with Crippen LogP contribution in [-0.2, 0) is 4.79 Å². The summed E-state index contributed by atoms with van der Waals surface area (Å²) >= 11 is 0. The van der Waals surface area contributed by atoms with Crippen molar-refractivity contribution in [3.05, 3.63) is 0 Å². The van der Waals surface area contributed by atoms with Crippen LogP contribution in [0, 0.1) is 5.92 Å². The molecule has 6 heteroatoms. The van der Waals surface area contributed by atoms with Gasteiger partial charge in [0.05, 0.1) is 6.10 Å². The maximum Gasteiger partial charge on any atom is 0.326 e. The second kappa shape index (κ2) is 6.43. The Bertz CT molecular complexity index is 374. The van der Waals surface area contributed by atoms with Gasteiger partial charge >= 0.3 is 12.0 Å². The highest BCUT2D eigenvalue weighted by Crippen LogP contribution is 2.24. The van der Waals surface area contributed by atoms with Crippen LogP contribution in [0.15, 0.2) is 0 Å². The third-order valence-electron chi connectivity index (χ3n) is 4.51. The van der Waals surface area contributed by atoms with Crippen LogP contribution in [0.2, 0.25) is 0 Å². The number of nitrogens with zero attached hydrogens (tertiary/aromatic N) is 2. The van der Waals surface area contributed by atoms with Crippen molar-refractivity contribution in [2.45, 2.75) is 51.2 Å². The lowest BCUT2D eigenvalue weighted by Gasteiger charge is -2.29.